The number of rotatable bonds is 9. The molecule has 10 heteroatoms. The number of methoxy groups -OCH3 is 1. The van der Waals surface area contributed by atoms with Gasteiger partial charge in [-0.05, 0) is 25.1 Å². The molecule has 0 aliphatic heterocycles. The van der Waals surface area contributed by atoms with Crippen molar-refractivity contribution in [3.05, 3.63) is 72.3 Å². The number of aromatic nitrogens is 6. The first kappa shape index (κ1) is 21.5. The zero-order chi connectivity index (χ0) is 23.5. The van der Waals surface area contributed by atoms with Gasteiger partial charge in [0.25, 0.3) is 0 Å². The van der Waals surface area contributed by atoms with Crippen molar-refractivity contribution in [2.75, 3.05) is 13.7 Å². The number of pyridine rings is 1. The van der Waals surface area contributed by atoms with Gasteiger partial charge in [0.15, 0.2) is 17.1 Å². The van der Waals surface area contributed by atoms with Gasteiger partial charge in [0.05, 0.1) is 5.69 Å². The van der Waals surface area contributed by atoms with Crippen molar-refractivity contribution in [3.63, 3.8) is 0 Å². The summed E-state index contributed by atoms with van der Waals surface area (Å²) in [7, 11) is 1.59. The quantitative estimate of drug-likeness (QED) is 0.354. The zero-order valence-corrected chi connectivity index (χ0v) is 18.9. The molecule has 10 nitrogen and oxygen atoms in total. The number of nitrogens with zero attached hydrogens (tertiary/aromatic N) is 6. The van der Waals surface area contributed by atoms with Crippen molar-refractivity contribution < 1.29 is 14.0 Å². The average molecular weight is 457 g/mol. The number of benzene rings is 1. The van der Waals surface area contributed by atoms with Gasteiger partial charge in [-0.2, -0.15) is 4.52 Å². The van der Waals surface area contributed by atoms with Crippen LogP contribution < -0.4 is 10.1 Å². The van der Waals surface area contributed by atoms with E-state index >= 15 is 0 Å². The summed E-state index contributed by atoms with van der Waals surface area (Å²) in [6.07, 6.45) is 1.74. The summed E-state index contributed by atoms with van der Waals surface area (Å²) in [5.41, 5.74) is 3.65. The third-order valence-corrected chi connectivity index (χ3v) is 5.22. The normalized spacial score (nSPS) is 11.2. The molecule has 1 N–H and O–H groups in total. The van der Waals surface area contributed by atoms with E-state index in [2.05, 4.69) is 32.2 Å². The summed E-state index contributed by atoms with van der Waals surface area (Å²) in [5.74, 6) is 1.46. The number of fused-ring (bicyclic) bond motifs is 3. The Hall–Kier alpha value is -4.31. The second-order valence-electron chi connectivity index (χ2n) is 7.55. The Morgan fingerprint density at radius 1 is 1.12 bits per heavy atom. The summed E-state index contributed by atoms with van der Waals surface area (Å²) in [5, 5.41) is 22.3. The van der Waals surface area contributed by atoms with E-state index in [0.29, 0.717) is 35.4 Å². The van der Waals surface area contributed by atoms with Crippen LogP contribution in [0.1, 0.15) is 23.9 Å². The van der Waals surface area contributed by atoms with Gasteiger partial charge >= 0.3 is 0 Å². The number of hydrogen-bond acceptors (Lipinski definition) is 9. The highest BCUT2D eigenvalue weighted by Gasteiger charge is 2.19. The van der Waals surface area contributed by atoms with Crippen LogP contribution >= 0.6 is 0 Å². The highest BCUT2D eigenvalue weighted by molar-refractivity contribution is 5.96. The first-order valence-corrected chi connectivity index (χ1v) is 10.8. The maximum absolute atomic E-state index is 6.15. The Kier molecular flexibility index (Phi) is 5.88. The van der Waals surface area contributed by atoms with Gasteiger partial charge in [0.1, 0.15) is 13.2 Å². The molecule has 0 amide bonds. The Morgan fingerprint density at radius 3 is 2.79 bits per heavy atom. The lowest BCUT2D eigenvalue weighted by Gasteiger charge is -2.11. The number of ether oxygens (including phenoxy) is 2. The van der Waals surface area contributed by atoms with Gasteiger partial charge in [0, 0.05) is 48.0 Å². The van der Waals surface area contributed by atoms with Crippen molar-refractivity contribution in [2.24, 2.45) is 0 Å². The average Bonchev–Trinajstić information content (AvgIpc) is 3.50. The molecule has 4 heterocycles. The van der Waals surface area contributed by atoms with Crippen LogP contribution in [0.4, 0.5) is 0 Å². The lowest BCUT2D eigenvalue weighted by molar-refractivity contribution is 0.156. The van der Waals surface area contributed by atoms with E-state index < -0.39 is 0 Å². The fourth-order valence-electron chi connectivity index (χ4n) is 3.65. The molecule has 172 valence electrons. The van der Waals surface area contributed by atoms with Crippen molar-refractivity contribution in [1.82, 2.24) is 35.3 Å². The van der Waals surface area contributed by atoms with E-state index in [1.54, 1.807) is 23.9 Å². The van der Waals surface area contributed by atoms with Crippen LogP contribution in [0.2, 0.25) is 0 Å². The molecule has 0 fully saturated rings. The molecule has 0 bridgehead atoms. The molecular formula is C24H23N7O3. The minimum absolute atomic E-state index is 0.231. The summed E-state index contributed by atoms with van der Waals surface area (Å²) >= 11 is 0. The fraction of sp³-hybridized carbons (Fsp3) is 0.208. The second-order valence-corrected chi connectivity index (χ2v) is 7.55. The molecule has 0 aliphatic carbocycles. The van der Waals surface area contributed by atoms with Crippen LogP contribution in [0, 0.1) is 0 Å². The molecule has 0 saturated carbocycles. The molecule has 0 radical (unpaired) electrons. The predicted molar refractivity (Wildman–Crippen MR) is 126 cm³/mol. The minimum Gasteiger partial charge on any atom is -0.470 e. The molecule has 4 aromatic heterocycles. The van der Waals surface area contributed by atoms with E-state index in [1.807, 2.05) is 43.3 Å². The maximum Gasteiger partial charge on any atom is 0.240 e. The molecule has 34 heavy (non-hydrogen) atoms. The predicted octanol–water partition coefficient (Wildman–Crippen LogP) is 3.63. The van der Waals surface area contributed by atoms with E-state index in [9.17, 15) is 0 Å². The minimum atomic E-state index is 0.231. The third-order valence-electron chi connectivity index (χ3n) is 5.22. The van der Waals surface area contributed by atoms with Gasteiger partial charge < -0.3 is 19.3 Å². The molecule has 0 saturated heterocycles. The molecule has 0 unspecified atom stereocenters. The van der Waals surface area contributed by atoms with Gasteiger partial charge in [-0.3, -0.25) is 4.98 Å². The molecule has 5 aromatic rings. The van der Waals surface area contributed by atoms with Crippen LogP contribution in [-0.2, 0) is 18.0 Å². The summed E-state index contributed by atoms with van der Waals surface area (Å²) in [6, 6.07) is 13.4. The topological polar surface area (TPSA) is 112 Å². The van der Waals surface area contributed by atoms with Crippen molar-refractivity contribution in [3.8, 4) is 17.4 Å². The standard InChI is InChI=1S/C24H23N7O3/c1-4-25-15(2)16-9-10-26-17(11-16)13-33-24-20-8-6-5-7-19(20)22-27-28-23(31(22)29-24)21-12-18(14-32-3)34-30-21/h5-12,25H,2,4,13-14H2,1,3H3. The zero-order valence-electron chi connectivity index (χ0n) is 18.9. The highest BCUT2D eigenvalue weighted by Crippen LogP contribution is 2.29. The summed E-state index contributed by atoms with van der Waals surface area (Å²) in [6.45, 7) is 7.42. The fourth-order valence-corrected chi connectivity index (χ4v) is 3.65. The highest BCUT2D eigenvalue weighted by atomic mass is 16.5. The van der Waals surface area contributed by atoms with E-state index in [-0.39, 0.29) is 6.61 Å². The lowest BCUT2D eigenvalue weighted by atomic mass is 10.2. The van der Waals surface area contributed by atoms with Crippen molar-refractivity contribution in [2.45, 2.75) is 20.1 Å². The first-order valence-electron chi connectivity index (χ1n) is 10.8. The maximum atomic E-state index is 6.15. The molecule has 0 spiro atoms. The first-order chi connectivity index (χ1) is 16.7. The third kappa shape index (κ3) is 4.06. The number of hydrogen-bond donors (Lipinski definition) is 1. The Morgan fingerprint density at radius 2 is 1.97 bits per heavy atom. The van der Waals surface area contributed by atoms with Crippen LogP contribution in [0.3, 0.4) is 0 Å². The Balaban J connectivity index is 1.51. The van der Waals surface area contributed by atoms with E-state index in [0.717, 1.165) is 34.3 Å². The second kappa shape index (κ2) is 9.28. The van der Waals surface area contributed by atoms with Gasteiger partial charge in [-0.15, -0.1) is 15.3 Å². The van der Waals surface area contributed by atoms with Crippen LogP contribution in [0.5, 0.6) is 5.88 Å². The monoisotopic (exact) mass is 457 g/mol. The van der Waals surface area contributed by atoms with Crippen molar-refractivity contribution in [1.29, 1.82) is 0 Å². The number of nitrogens with one attached hydrogen (secondary N) is 1. The lowest BCUT2D eigenvalue weighted by Crippen LogP contribution is -2.10. The summed E-state index contributed by atoms with van der Waals surface area (Å²) < 4.78 is 18.2. The largest absolute Gasteiger partial charge is 0.470 e. The van der Waals surface area contributed by atoms with Crippen molar-refractivity contribution >= 4 is 22.1 Å². The SMILES string of the molecule is C=C(NCC)c1ccnc(COc2nn3c(-c4cc(COC)on4)nnc3c3ccccc23)c1. The van der Waals surface area contributed by atoms with E-state index in [4.69, 9.17) is 19.1 Å². The van der Waals surface area contributed by atoms with Crippen LogP contribution in [0.15, 0.2) is 59.8 Å². The molecule has 0 atom stereocenters. The van der Waals surface area contributed by atoms with Crippen LogP contribution in [-0.4, -0.2) is 43.6 Å². The van der Waals surface area contributed by atoms with Gasteiger partial charge in [-0.25, -0.2) is 0 Å². The van der Waals surface area contributed by atoms with E-state index in [1.165, 1.54) is 0 Å². The molecule has 5 rings (SSSR count). The Bertz CT molecular complexity index is 1470. The molecular weight excluding hydrogens is 434 g/mol. The smallest absolute Gasteiger partial charge is 0.240 e. The molecule has 1 aromatic carbocycles. The van der Waals surface area contributed by atoms with Gasteiger partial charge in [0.2, 0.25) is 11.7 Å². The van der Waals surface area contributed by atoms with Crippen LogP contribution in [0.25, 0.3) is 33.6 Å². The summed E-state index contributed by atoms with van der Waals surface area (Å²) in [4.78, 5) is 4.43. The Labute approximate surface area is 195 Å². The van der Waals surface area contributed by atoms with Gasteiger partial charge in [-0.1, -0.05) is 29.9 Å². The molecule has 0 aliphatic rings.